The number of urea groups is 1. The van der Waals surface area contributed by atoms with Gasteiger partial charge in [0.1, 0.15) is 12.0 Å². The first kappa shape index (κ1) is 20.6. The van der Waals surface area contributed by atoms with Gasteiger partial charge in [-0.15, -0.1) is 0 Å². The lowest BCUT2D eigenvalue weighted by molar-refractivity contribution is 0.153. The molecule has 2 atom stereocenters. The van der Waals surface area contributed by atoms with Crippen molar-refractivity contribution in [1.82, 2.24) is 20.5 Å². The number of nitrogens with zero attached hydrogens (tertiary/aromatic N) is 2. The third kappa shape index (κ3) is 5.21. The highest BCUT2D eigenvalue weighted by atomic mass is 16.5. The Hall–Kier alpha value is -3.17. The minimum Gasteiger partial charge on any atom is -0.382 e. The Kier molecular flexibility index (Phi) is 6.63. The number of amides is 2. The van der Waals surface area contributed by atoms with Crippen molar-refractivity contribution in [2.24, 2.45) is 5.92 Å². The van der Waals surface area contributed by atoms with Gasteiger partial charge in [0.2, 0.25) is 0 Å². The van der Waals surface area contributed by atoms with Gasteiger partial charge in [-0.1, -0.05) is 44.2 Å². The highest BCUT2D eigenvalue weighted by Crippen LogP contribution is 2.23. The van der Waals surface area contributed by atoms with Gasteiger partial charge in [-0.05, 0) is 11.5 Å². The molecule has 0 aliphatic rings. The van der Waals surface area contributed by atoms with E-state index < -0.39 is 12.3 Å². The number of anilines is 2. The van der Waals surface area contributed by atoms with E-state index in [1.165, 1.54) is 0 Å². The quantitative estimate of drug-likeness (QED) is 0.372. The average molecular weight is 398 g/mol. The van der Waals surface area contributed by atoms with Crippen LogP contribution in [0.4, 0.5) is 16.4 Å². The molecule has 0 spiro atoms. The van der Waals surface area contributed by atoms with E-state index in [2.05, 4.69) is 31.1 Å². The summed E-state index contributed by atoms with van der Waals surface area (Å²) in [6.45, 7) is 4.15. The van der Waals surface area contributed by atoms with Crippen LogP contribution in [0.15, 0.2) is 42.6 Å². The number of aliphatic hydroxyl groups excluding tert-OH is 1. The van der Waals surface area contributed by atoms with Crippen LogP contribution < -0.4 is 16.0 Å². The molecule has 154 valence electrons. The van der Waals surface area contributed by atoms with Crippen molar-refractivity contribution in [3.05, 3.63) is 48.2 Å². The summed E-state index contributed by atoms with van der Waals surface area (Å²) in [5.74, 6) is 0.914. The van der Waals surface area contributed by atoms with Gasteiger partial charge >= 0.3 is 6.03 Å². The van der Waals surface area contributed by atoms with Crippen molar-refractivity contribution < 1.29 is 14.6 Å². The second-order valence-corrected chi connectivity index (χ2v) is 7.04. The number of methoxy groups -OCH3 is 1. The fourth-order valence-corrected chi connectivity index (χ4v) is 2.78. The Morgan fingerprint density at radius 3 is 2.72 bits per heavy atom. The minimum absolute atomic E-state index is 0.0315. The zero-order chi connectivity index (χ0) is 20.8. The summed E-state index contributed by atoms with van der Waals surface area (Å²) in [7, 11) is 1.59. The smallest absolute Gasteiger partial charge is 0.320 e. The molecular formula is C20H26N6O3. The van der Waals surface area contributed by atoms with E-state index in [0.717, 1.165) is 10.9 Å². The topological polar surface area (TPSA) is 124 Å². The molecule has 9 heteroatoms. The molecule has 2 amide bonds. The Labute approximate surface area is 168 Å². The summed E-state index contributed by atoms with van der Waals surface area (Å²) in [4.78, 5) is 16.7. The summed E-state index contributed by atoms with van der Waals surface area (Å²) in [6, 6.07) is 10.6. The number of carbonyl (C=O) groups is 1. The standard InChI is InChI=1S/C20H26N6O3/c1-12(2)19(27)24-18-14-10-21-17(9-15(14)25-26-18)23-20(28)22-16(11-29-3)13-7-5-4-6-8-13/h4-10,12,16,19,27H,11H2,1-3H3,(H2,24,25,26)(H2,21,22,23,28)/t16-,19?/m1/s1. The molecule has 0 bridgehead atoms. The average Bonchev–Trinajstić information content (AvgIpc) is 3.10. The van der Waals surface area contributed by atoms with Crippen molar-refractivity contribution in [3.8, 4) is 0 Å². The van der Waals surface area contributed by atoms with Gasteiger partial charge in [0.15, 0.2) is 5.82 Å². The number of H-pyrrole nitrogens is 1. The number of hydrogen-bond donors (Lipinski definition) is 5. The summed E-state index contributed by atoms with van der Waals surface area (Å²) in [6.07, 6.45) is 0.869. The van der Waals surface area contributed by atoms with Gasteiger partial charge in [0.25, 0.3) is 0 Å². The van der Waals surface area contributed by atoms with E-state index in [-0.39, 0.29) is 12.0 Å². The minimum atomic E-state index is -0.721. The monoisotopic (exact) mass is 398 g/mol. The lowest BCUT2D eigenvalue weighted by Crippen LogP contribution is -2.35. The van der Waals surface area contributed by atoms with Gasteiger partial charge in [-0.3, -0.25) is 10.4 Å². The van der Waals surface area contributed by atoms with Gasteiger partial charge in [-0.25, -0.2) is 9.78 Å². The molecule has 0 saturated heterocycles. The van der Waals surface area contributed by atoms with Gasteiger partial charge in [-0.2, -0.15) is 5.10 Å². The summed E-state index contributed by atoms with van der Waals surface area (Å²) in [5, 5.41) is 26.3. The zero-order valence-corrected chi connectivity index (χ0v) is 16.6. The fraction of sp³-hybridized carbons (Fsp3) is 0.350. The van der Waals surface area contributed by atoms with Crippen LogP contribution in [0.3, 0.4) is 0 Å². The highest BCUT2D eigenvalue weighted by Gasteiger charge is 2.16. The second kappa shape index (κ2) is 9.35. The lowest BCUT2D eigenvalue weighted by Gasteiger charge is -2.18. The Bertz CT molecular complexity index is 944. The first-order valence-electron chi connectivity index (χ1n) is 9.38. The van der Waals surface area contributed by atoms with Crippen molar-refractivity contribution in [3.63, 3.8) is 0 Å². The van der Waals surface area contributed by atoms with E-state index in [1.54, 1.807) is 19.4 Å². The normalized spacial score (nSPS) is 13.3. The Balaban J connectivity index is 1.68. The van der Waals surface area contributed by atoms with Crippen molar-refractivity contribution in [1.29, 1.82) is 0 Å². The number of carbonyl (C=O) groups excluding carboxylic acids is 1. The van der Waals surface area contributed by atoms with E-state index in [1.807, 2.05) is 44.2 Å². The number of aromatic nitrogens is 3. The zero-order valence-electron chi connectivity index (χ0n) is 16.6. The second-order valence-electron chi connectivity index (χ2n) is 7.04. The third-order valence-electron chi connectivity index (χ3n) is 4.45. The van der Waals surface area contributed by atoms with Gasteiger partial charge < -0.3 is 20.5 Å². The van der Waals surface area contributed by atoms with Crippen LogP contribution in [-0.2, 0) is 4.74 Å². The highest BCUT2D eigenvalue weighted by molar-refractivity contribution is 5.94. The van der Waals surface area contributed by atoms with E-state index in [0.29, 0.717) is 23.8 Å². The van der Waals surface area contributed by atoms with Crippen molar-refractivity contribution in [2.45, 2.75) is 26.1 Å². The van der Waals surface area contributed by atoms with Crippen LogP contribution in [0.2, 0.25) is 0 Å². The molecule has 2 heterocycles. The van der Waals surface area contributed by atoms with Crippen LogP contribution in [-0.4, -0.2) is 46.3 Å². The fourth-order valence-electron chi connectivity index (χ4n) is 2.78. The molecule has 0 aliphatic carbocycles. The first-order chi connectivity index (χ1) is 14.0. The number of rotatable bonds is 8. The summed E-state index contributed by atoms with van der Waals surface area (Å²) in [5.41, 5.74) is 1.63. The molecular weight excluding hydrogens is 372 g/mol. The molecule has 9 nitrogen and oxygen atoms in total. The summed E-state index contributed by atoms with van der Waals surface area (Å²) < 4.78 is 5.22. The molecule has 5 N–H and O–H groups in total. The predicted molar refractivity (Wildman–Crippen MR) is 112 cm³/mol. The number of pyridine rings is 1. The molecule has 1 aromatic carbocycles. The van der Waals surface area contributed by atoms with Crippen molar-refractivity contribution >= 4 is 28.6 Å². The number of fused-ring (bicyclic) bond motifs is 1. The van der Waals surface area contributed by atoms with Crippen LogP contribution in [0, 0.1) is 5.92 Å². The maximum atomic E-state index is 12.4. The Morgan fingerprint density at radius 2 is 2.03 bits per heavy atom. The maximum absolute atomic E-state index is 12.4. The lowest BCUT2D eigenvalue weighted by atomic mass is 10.1. The van der Waals surface area contributed by atoms with Crippen LogP contribution >= 0.6 is 0 Å². The predicted octanol–water partition coefficient (Wildman–Crippen LogP) is 2.85. The van der Waals surface area contributed by atoms with E-state index >= 15 is 0 Å². The number of nitrogens with one attached hydrogen (secondary N) is 4. The SMILES string of the molecule is COC[C@@H](NC(=O)Nc1cc2[nH]nc(NC(O)C(C)C)c2cn1)c1ccccc1. The molecule has 29 heavy (non-hydrogen) atoms. The number of benzene rings is 1. The number of aliphatic hydroxyl groups is 1. The molecule has 0 saturated carbocycles. The van der Waals surface area contributed by atoms with Crippen LogP contribution in [0.25, 0.3) is 10.9 Å². The molecule has 1 unspecified atom stereocenters. The first-order valence-corrected chi connectivity index (χ1v) is 9.38. The van der Waals surface area contributed by atoms with Crippen molar-refractivity contribution in [2.75, 3.05) is 24.4 Å². The maximum Gasteiger partial charge on any atom is 0.320 e. The van der Waals surface area contributed by atoms with Gasteiger partial charge in [0.05, 0.1) is 23.6 Å². The molecule has 3 aromatic rings. The Morgan fingerprint density at radius 1 is 1.28 bits per heavy atom. The van der Waals surface area contributed by atoms with E-state index in [4.69, 9.17) is 4.74 Å². The molecule has 0 aliphatic heterocycles. The number of hydrogen-bond acceptors (Lipinski definition) is 6. The van der Waals surface area contributed by atoms with Crippen LogP contribution in [0.1, 0.15) is 25.5 Å². The molecule has 0 radical (unpaired) electrons. The third-order valence-corrected chi connectivity index (χ3v) is 4.45. The van der Waals surface area contributed by atoms with E-state index in [9.17, 15) is 9.90 Å². The molecule has 3 rings (SSSR count). The molecule has 0 fully saturated rings. The van der Waals surface area contributed by atoms with Crippen LogP contribution in [0.5, 0.6) is 0 Å². The largest absolute Gasteiger partial charge is 0.382 e. The summed E-state index contributed by atoms with van der Waals surface area (Å²) >= 11 is 0. The van der Waals surface area contributed by atoms with Gasteiger partial charge in [0, 0.05) is 19.4 Å². The number of aromatic amines is 1. The number of ether oxygens (including phenoxy) is 1. The molecule has 2 aromatic heterocycles.